The smallest absolute Gasteiger partial charge is 0.225 e. The molecule has 122 valence electrons. The largest absolute Gasteiger partial charge is 0.326 e. The number of anilines is 1. The Morgan fingerprint density at radius 1 is 1.17 bits per heavy atom. The number of rotatable bonds is 7. The van der Waals surface area contributed by atoms with E-state index in [1.54, 1.807) is 12.1 Å². The molecule has 2 aromatic carbocycles. The Hall–Kier alpha value is -2.20. The molecule has 0 saturated carbocycles. The second-order valence-corrected chi connectivity index (χ2v) is 5.67. The van der Waals surface area contributed by atoms with Gasteiger partial charge in [0, 0.05) is 25.2 Å². The maximum absolute atomic E-state index is 13.1. The average Bonchev–Trinajstić information content (AvgIpc) is 2.51. The summed E-state index contributed by atoms with van der Waals surface area (Å²) in [6, 6.07) is 14.3. The summed E-state index contributed by atoms with van der Waals surface area (Å²) in [7, 11) is 0. The summed E-state index contributed by atoms with van der Waals surface area (Å²) in [5, 5.41) is 2.73. The molecule has 23 heavy (non-hydrogen) atoms. The summed E-state index contributed by atoms with van der Waals surface area (Å²) >= 11 is 0. The molecule has 0 bridgehead atoms. The van der Waals surface area contributed by atoms with Gasteiger partial charge in [0.2, 0.25) is 5.91 Å². The summed E-state index contributed by atoms with van der Waals surface area (Å²) in [5.74, 6) is -0.448. The van der Waals surface area contributed by atoms with Gasteiger partial charge in [0.25, 0.3) is 0 Å². The predicted octanol–water partition coefficient (Wildman–Crippen LogP) is 3.98. The molecule has 0 spiro atoms. The lowest BCUT2D eigenvalue weighted by Gasteiger charge is -2.20. The van der Waals surface area contributed by atoms with Crippen molar-refractivity contribution in [2.75, 3.05) is 18.4 Å². The maximum atomic E-state index is 13.1. The van der Waals surface area contributed by atoms with Crippen LogP contribution in [0, 0.1) is 12.7 Å². The topological polar surface area (TPSA) is 32.3 Å². The summed E-state index contributed by atoms with van der Waals surface area (Å²) in [4.78, 5) is 14.2. The van der Waals surface area contributed by atoms with Crippen molar-refractivity contribution in [2.24, 2.45) is 0 Å². The Kier molecular flexibility index (Phi) is 6.29. The van der Waals surface area contributed by atoms with E-state index in [1.807, 2.05) is 0 Å². The lowest BCUT2D eigenvalue weighted by atomic mass is 10.1. The van der Waals surface area contributed by atoms with Crippen LogP contribution in [0.15, 0.2) is 48.5 Å². The standard InChI is InChI=1S/C19H23FN2O/c1-3-22(14-16-7-4-6-15(2)12-16)11-10-19(23)21-18-9-5-8-17(20)13-18/h4-9,12-13H,3,10-11,14H2,1-2H3,(H,21,23). The Morgan fingerprint density at radius 3 is 2.65 bits per heavy atom. The fourth-order valence-electron chi connectivity index (χ4n) is 2.47. The molecular weight excluding hydrogens is 291 g/mol. The van der Waals surface area contributed by atoms with E-state index in [1.165, 1.54) is 23.3 Å². The summed E-state index contributed by atoms with van der Waals surface area (Å²) in [6.45, 7) is 6.53. The van der Waals surface area contributed by atoms with Crippen molar-refractivity contribution >= 4 is 11.6 Å². The fourth-order valence-corrected chi connectivity index (χ4v) is 2.47. The van der Waals surface area contributed by atoms with E-state index in [4.69, 9.17) is 0 Å². The third-order valence-electron chi connectivity index (χ3n) is 3.70. The second kappa shape index (κ2) is 8.44. The highest BCUT2D eigenvalue weighted by atomic mass is 19.1. The predicted molar refractivity (Wildman–Crippen MR) is 91.8 cm³/mol. The molecule has 3 nitrogen and oxygen atoms in total. The number of amides is 1. The summed E-state index contributed by atoms with van der Waals surface area (Å²) < 4.78 is 13.1. The van der Waals surface area contributed by atoms with E-state index in [2.05, 4.69) is 48.3 Å². The van der Waals surface area contributed by atoms with Crippen LogP contribution in [-0.4, -0.2) is 23.9 Å². The highest BCUT2D eigenvalue weighted by molar-refractivity contribution is 5.90. The third-order valence-corrected chi connectivity index (χ3v) is 3.70. The van der Waals surface area contributed by atoms with Crippen molar-refractivity contribution in [2.45, 2.75) is 26.8 Å². The first-order valence-electron chi connectivity index (χ1n) is 7.90. The number of hydrogen-bond donors (Lipinski definition) is 1. The molecule has 0 radical (unpaired) electrons. The molecule has 4 heteroatoms. The van der Waals surface area contributed by atoms with Crippen LogP contribution < -0.4 is 5.32 Å². The first kappa shape index (κ1) is 17.2. The fraction of sp³-hybridized carbons (Fsp3) is 0.316. The zero-order valence-corrected chi connectivity index (χ0v) is 13.7. The Labute approximate surface area is 137 Å². The Morgan fingerprint density at radius 2 is 1.96 bits per heavy atom. The number of benzene rings is 2. The summed E-state index contributed by atoms with van der Waals surface area (Å²) in [5.41, 5.74) is 2.98. The van der Waals surface area contributed by atoms with Gasteiger partial charge >= 0.3 is 0 Å². The monoisotopic (exact) mass is 314 g/mol. The molecule has 0 saturated heterocycles. The van der Waals surface area contributed by atoms with Gasteiger partial charge in [-0.25, -0.2) is 4.39 Å². The SMILES string of the molecule is CCN(CCC(=O)Nc1cccc(F)c1)Cc1cccc(C)c1. The van der Waals surface area contributed by atoms with Crippen LogP contribution in [0.4, 0.5) is 10.1 Å². The molecule has 1 amide bonds. The van der Waals surface area contributed by atoms with Crippen LogP contribution in [0.3, 0.4) is 0 Å². The maximum Gasteiger partial charge on any atom is 0.225 e. The molecule has 0 aliphatic heterocycles. The highest BCUT2D eigenvalue weighted by Gasteiger charge is 2.08. The number of nitrogens with one attached hydrogen (secondary N) is 1. The molecule has 0 fully saturated rings. The molecule has 2 rings (SSSR count). The minimum atomic E-state index is -0.350. The van der Waals surface area contributed by atoms with E-state index in [0.717, 1.165) is 13.1 Å². The van der Waals surface area contributed by atoms with Crippen LogP contribution in [0.5, 0.6) is 0 Å². The molecule has 0 aliphatic rings. The number of carbonyl (C=O) groups excluding carboxylic acids is 1. The molecule has 0 atom stereocenters. The zero-order valence-electron chi connectivity index (χ0n) is 13.7. The quantitative estimate of drug-likeness (QED) is 0.838. The number of hydrogen-bond acceptors (Lipinski definition) is 2. The van der Waals surface area contributed by atoms with Crippen molar-refractivity contribution in [3.8, 4) is 0 Å². The molecule has 2 aromatic rings. The van der Waals surface area contributed by atoms with Crippen LogP contribution >= 0.6 is 0 Å². The molecule has 0 heterocycles. The Bertz CT molecular complexity index is 657. The molecule has 0 aromatic heterocycles. The lowest BCUT2D eigenvalue weighted by molar-refractivity contribution is -0.116. The number of aryl methyl sites for hydroxylation is 1. The van der Waals surface area contributed by atoms with Crippen molar-refractivity contribution in [3.63, 3.8) is 0 Å². The first-order chi connectivity index (χ1) is 11.1. The van der Waals surface area contributed by atoms with Crippen molar-refractivity contribution in [1.29, 1.82) is 0 Å². The average molecular weight is 314 g/mol. The lowest BCUT2D eigenvalue weighted by Crippen LogP contribution is -2.27. The zero-order chi connectivity index (χ0) is 16.7. The second-order valence-electron chi connectivity index (χ2n) is 5.67. The van der Waals surface area contributed by atoms with Gasteiger partial charge in [-0.05, 0) is 37.2 Å². The molecule has 1 N–H and O–H groups in total. The minimum absolute atomic E-state index is 0.0988. The van der Waals surface area contributed by atoms with Gasteiger partial charge in [-0.1, -0.05) is 42.8 Å². The number of carbonyl (C=O) groups is 1. The summed E-state index contributed by atoms with van der Waals surface area (Å²) in [6.07, 6.45) is 0.385. The van der Waals surface area contributed by atoms with Gasteiger partial charge < -0.3 is 5.32 Å². The van der Waals surface area contributed by atoms with E-state index < -0.39 is 0 Å². The highest BCUT2D eigenvalue weighted by Crippen LogP contribution is 2.11. The van der Waals surface area contributed by atoms with Crippen molar-refractivity contribution in [1.82, 2.24) is 4.90 Å². The van der Waals surface area contributed by atoms with Gasteiger partial charge in [-0.15, -0.1) is 0 Å². The van der Waals surface area contributed by atoms with Gasteiger partial charge in [-0.2, -0.15) is 0 Å². The van der Waals surface area contributed by atoms with Gasteiger partial charge in [0.05, 0.1) is 0 Å². The third kappa shape index (κ3) is 5.83. The van der Waals surface area contributed by atoms with Gasteiger partial charge in [0.1, 0.15) is 5.82 Å². The number of halogens is 1. The molecule has 0 aliphatic carbocycles. The number of nitrogens with zero attached hydrogens (tertiary/aromatic N) is 1. The van der Waals surface area contributed by atoms with E-state index >= 15 is 0 Å². The van der Waals surface area contributed by atoms with E-state index in [9.17, 15) is 9.18 Å². The van der Waals surface area contributed by atoms with Crippen LogP contribution in [0.1, 0.15) is 24.5 Å². The normalized spacial score (nSPS) is 10.8. The van der Waals surface area contributed by atoms with Gasteiger partial charge in [-0.3, -0.25) is 9.69 Å². The van der Waals surface area contributed by atoms with Crippen molar-refractivity contribution < 1.29 is 9.18 Å². The Balaban J connectivity index is 1.84. The van der Waals surface area contributed by atoms with Crippen LogP contribution in [0.25, 0.3) is 0 Å². The van der Waals surface area contributed by atoms with E-state index in [-0.39, 0.29) is 11.7 Å². The van der Waals surface area contributed by atoms with E-state index in [0.29, 0.717) is 18.7 Å². The van der Waals surface area contributed by atoms with Crippen LogP contribution in [-0.2, 0) is 11.3 Å². The van der Waals surface area contributed by atoms with Gasteiger partial charge in [0.15, 0.2) is 0 Å². The molecule has 0 unspecified atom stereocenters. The van der Waals surface area contributed by atoms with Crippen molar-refractivity contribution in [3.05, 3.63) is 65.5 Å². The first-order valence-corrected chi connectivity index (χ1v) is 7.90. The molecular formula is C19H23FN2O. The van der Waals surface area contributed by atoms with Crippen LogP contribution in [0.2, 0.25) is 0 Å². The minimum Gasteiger partial charge on any atom is -0.326 e.